The highest BCUT2D eigenvalue weighted by molar-refractivity contribution is 5.61. The Balaban J connectivity index is 2.26. The van der Waals surface area contributed by atoms with Gasteiger partial charge in [0.25, 0.3) is 0 Å². The van der Waals surface area contributed by atoms with Crippen LogP contribution < -0.4 is 10.5 Å². The normalized spacial score (nSPS) is 10.2. The van der Waals surface area contributed by atoms with Crippen molar-refractivity contribution in [2.24, 2.45) is 0 Å². The molecule has 2 aromatic rings. The van der Waals surface area contributed by atoms with Crippen LogP contribution in [0.15, 0.2) is 30.9 Å². The monoisotopic (exact) mass is 230 g/mol. The van der Waals surface area contributed by atoms with E-state index in [9.17, 15) is 0 Å². The number of nitrogen functional groups attached to an aromatic ring is 1. The lowest BCUT2D eigenvalue weighted by atomic mass is 10.2. The van der Waals surface area contributed by atoms with E-state index in [0.717, 1.165) is 23.4 Å². The van der Waals surface area contributed by atoms with Crippen molar-refractivity contribution in [3.8, 4) is 17.0 Å². The van der Waals surface area contributed by atoms with Crippen molar-refractivity contribution in [1.29, 1.82) is 0 Å². The van der Waals surface area contributed by atoms with Gasteiger partial charge in [-0.2, -0.15) is 0 Å². The topological polar surface area (TPSA) is 73.9 Å². The van der Waals surface area contributed by atoms with Crippen LogP contribution in [0, 0.1) is 0 Å². The molecule has 2 N–H and O–H groups in total. The van der Waals surface area contributed by atoms with Crippen LogP contribution >= 0.6 is 0 Å². The van der Waals surface area contributed by atoms with E-state index in [-0.39, 0.29) is 0 Å². The fourth-order valence-corrected chi connectivity index (χ4v) is 1.39. The van der Waals surface area contributed by atoms with Crippen LogP contribution in [-0.4, -0.2) is 21.6 Å². The van der Waals surface area contributed by atoms with Gasteiger partial charge in [0.2, 0.25) is 0 Å². The quantitative estimate of drug-likeness (QED) is 0.868. The highest BCUT2D eigenvalue weighted by atomic mass is 16.5. The third-order valence-corrected chi connectivity index (χ3v) is 2.17. The fraction of sp³-hybridized carbons (Fsp3) is 0.250. The number of nitrogens with two attached hydrogens (primary N) is 1. The molecule has 2 heterocycles. The van der Waals surface area contributed by atoms with Crippen molar-refractivity contribution in [2.75, 3.05) is 12.3 Å². The first-order chi connectivity index (χ1) is 8.29. The van der Waals surface area contributed by atoms with E-state index in [1.807, 2.05) is 6.07 Å². The van der Waals surface area contributed by atoms with E-state index >= 15 is 0 Å². The maximum absolute atomic E-state index is 5.61. The molecule has 0 amide bonds. The van der Waals surface area contributed by atoms with E-state index in [0.29, 0.717) is 12.4 Å². The number of rotatable bonds is 4. The summed E-state index contributed by atoms with van der Waals surface area (Å²) in [5.74, 6) is 1.18. The standard InChI is InChI=1S/C12H14N4O/c1-2-3-17-10-4-9(6-14-7-10)11-5-12(13)16-8-15-11/h4-8H,2-3H2,1H3,(H2,13,15,16). The fourth-order valence-electron chi connectivity index (χ4n) is 1.39. The Morgan fingerprint density at radius 2 is 2.12 bits per heavy atom. The number of pyridine rings is 1. The molecule has 0 fully saturated rings. The van der Waals surface area contributed by atoms with Gasteiger partial charge >= 0.3 is 0 Å². The first kappa shape index (κ1) is 11.3. The van der Waals surface area contributed by atoms with Crippen LogP contribution in [0.5, 0.6) is 5.75 Å². The molecule has 0 aliphatic carbocycles. The van der Waals surface area contributed by atoms with Crippen molar-refractivity contribution in [3.63, 3.8) is 0 Å². The summed E-state index contributed by atoms with van der Waals surface area (Å²) in [6.07, 6.45) is 5.80. The Morgan fingerprint density at radius 1 is 1.24 bits per heavy atom. The molecule has 0 aliphatic heterocycles. The number of aromatic nitrogens is 3. The molecule has 5 nitrogen and oxygen atoms in total. The zero-order valence-electron chi connectivity index (χ0n) is 9.63. The van der Waals surface area contributed by atoms with Crippen molar-refractivity contribution < 1.29 is 4.74 Å². The Kier molecular flexibility index (Phi) is 3.49. The second kappa shape index (κ2) is 5.25. The maximum Gasteiger partial charge on any atom is 0.138 e. The third-order valence-electron chi connectivity index (χ3n) is 2.17. The summed E-state index contributed by atoms with van der Waals surface area (Å²) in [5.41, 5.74) is 7.22. The number of hydrogen-bond acceptors (Lipinski definition) is 5. The molecule has 5 heteroatoms. The summed E-state index contributed by atoms with van der Waals surface area (Å²) in [5, 5.41) is 0. The summed E-state index contributed by atoms with van der Waals surface area (Å²) >= 11 is 0. The molecule has 88 valence electrons. The number of nitrogens with zero attached hydrogens (tertiary/aromatic N) is 3. The zero-order chi connectivity index (χ0) is 12.1. The van der Waals surface area contributed by atoms with Crippen molar-refractivity contribution in [2.45, 2.75) is 13.3 Å². The van der Waals surface area contributed by atoms with Gasteiger partial charge in [-0.3, -0.25) is 4.98 Å². The largest absolute Gasteiger partial charge is 0.492 e. The van der Waals surface area contributed by atoms with Crippen LogP contribution in [0.2, 0.25) is 0 Å². The van der Waals surface area contributed by atoms with Crippen LogP contribution in [-0.2, 0) is 0 Å². The minimum Gasteiger partial charge on any atom is -0.492 e. The minimum atomic E-state index is 0.440. The van der Waals surface area contributed by atoms with Gasteiger partial charge in [-0.15, -0.1) is 0 Å². The molecule has 0 saturated carbocycles. The molecule has 0 atom stereocenters. The van der Waals surface area contributed by atoms with Gasteiger partial charge in [0.1, 0.15) is 17.9 Å². The number of ether oxygens (including phenoxy) is 1. The lowest BCUT2D eigenvalue weighted by molar-refractivity contribution is 0.316. The number of anilines is 1. The lowest BCUT2D eigenvalue weighted by Gasteiger charge is -2.06. The zero-order valence-corrected chi connectivity index (χ0v) is 9.63. The average molecular weight is 230 g/mol. The van der Waals surface area contributed by atoms with Gasteiger partial charge in [0, 0.05) is 17.8 Å². The lowest BCUT2D eigenvalue weighted by Crippen LogP contribution is -1.97. The molecule has 17 heavy (non-hydrogen) atoms. The molecule has 0 unspecified atom stereocenters. The van der Waals surface area contributed by atoms with E-state index < -0.39 is 0 Å². The van der Waals surface area contributed by atoms with Gasteiger partial charge in [0.05, 0.1) is 18.5 Å². The molecule has 2 aromatic heterocycles. The van der Waals surface area contributed by atoms with E-state index in [4.69, 9.17) is 10.5 Å². The summed E-state index contributed by atoms with van der Waals surface area (Å²) in [6.45, 7) is 2.74. The number of hydrogen-bond donors (Lipinski definition) is 1. The Hall–Kier alpha value is -2.17. The molecule has 0 bridgehead atoms. The molecular weight excluding hydrogens is 216 g/mol. The van der Waals surface area contributed by atoms with E-state index in [1.54, 1.807) is 18.5 Å². The molecule has 0 aliphatic rings. The first-order valence-electron chi connectivity index (χ1n) is 5.45. The van der Waals surface area contributed by atoms with Crippen molar-refractivity contribution in [1.82, 2.24) is 15.0 Å². The van der Waals surface area contributed by atoms with Gasteiger partial charge in [-0.05, 0) is 12.5 Å². The van der Waals surface area contributed by atoms with E-state index in [1.165, 1.54) is 6.33 Å². The minimum absolute atomic E-state index is 0.440. The third kappa shape index (κ3) is 2.90. The summed E-state index contributed by atoms with van der Waals surface area (Å²) in [7, 11) is 0. The van der Waals surface area contributed by atoms with Crippen LogP contribution in [0.3, 0.4) is 0 Å². The Bertz CT molecular complexity index is 501. The predicted molar refractivity (Wildman–Crippen MR) is 65.5 cm³/mol. The highest BCUT2D eigenvalue weighted by Crippen LogP contribution is 2.21. The molecule has 0 spiro atoms. The Labute approximate surface area is 99.7 Å². The molecule has 2 rings (SSSR count). The summed E-state index contributed by atoms with van der Waals surface area (Å²) in [6, 6.07) is 3.60. The smallest absolute Gasteiger partial charge is 0.138 e. The summed E-state index contributed by atoms with van der Waals surface area (Å²) < 4.78 is 5.51. The molecule has 0 radical (unpaired) electrons. The maximum atomic E-state index is 5.61. The van der Waals surface area contributed by atoms with Gasteiger partial charge in [-0.1, -0.05) is 6.92 Å². The van der Waals surface area contributed by atoms with Crippen molar-refractivity contribution >= 4 is 5.82 Å². The predicted octanol–water partition coefficient (Wildman–Crippen LogP) is 1.91. The van der Waals surface area contributed by atoms with Crippen molar-refractivity contribution in [3.05, 3.63) is 30.9 Å². The van der Waals surface area contributed by atoms with Crippen LogP contribution in [0.1, 0.15) is 13.3 Å². The second-order valence-corrected chi connectivity index (χ2v) is 3.59. The van der Waals surface area contributed by atoms with Gasteiger partial charge in [-0.25, -0.2) is 9.97 Å². The Morgan fingerprint density at radius 3 is 2.88 bits per heavy atom. The van der Waals surface area contributed by atoms with Gasteiger partial charge in [0.15, 0.2) is 0 Å². The molecule has 0 aromatic carbocycles. The molecular formula is C12H14N4O. The van der Waals surface area contributed by atoms with Crippen LogP contribution in [0.4, 0.5) is 5.82 Å². The molecule has 0 saturated heterocycles. The summed E-state index contributed by atoms with van der Waals surface area (Å²) in [4.78, 5) is 12.1. The SMILES string of the molecule is CCCOc1cncc(-c2cc(N)ncn2)c1. The van der Waals surface area contributed by atoms with Crippen LogP contribution in [0.25, 0.3) is 11.3 Å². The highest BCUT2D eigenvalue weighted by Gasteiger charge is 2.03. The first-order valence-corrected chi connectivity index (χ1v) is 5.45. The van der Waals surface area contributed by atoms with Gasteiger partial charge < -0.3 is 10.5 Å². The second-order valence-electron chi connectivity index (χ2n) is 3.59. The van der Waals surface area contributed by atoms with E-state index in [2.05, 4.69) is 21.9 Å². The average Bonchev–Trinajstić information content (AvgIpc) is 2.37.